The number of halogens is 3. The van der Waals surface area contributed by atoms with Gasteiger partial charge in [0.1, 0.15) is 0 Å². The third-order valence-corrected chi connectivity index (χ3v) is 3.96. The zero-order valence-electron chi connectivity index (χ0n) is 11.1. The molecule has 19 heavy (non-hydrogen) atoms. The van der Waals surface area contributed by atoms with Crippen LogP contribution in [0.3, 0.4) is 0 Å². The quantitative estimate of drug-likeness (QED) is 0.927. The fourth-order valence-electron chi connectivity index (χ4n) is 2.56. The summed E-state index contributed by atoms with van der Waals surface area (Å²) in [6, 6.07) is 4.29. The van der Waals surface area contributed by atoms with Gasteiger partial charge in [-0.2, -0.15) is 0 Å². The highest BCUT2D eigenvalue weighted by molar-refractivity contribution is 5.85. The molecule has 0 amide bonds. The molecule has 2 N–H and O–H groups in total. The molecule has 0 radical (unpaired) electrons. The van der Waals surface area contributed by atoms with Crippen LogP contribution in [0.1, 0.15) is 31.4 Å². The van der Waals surface area contributed by atoms with Gasteiger partial charge in [0, 0.05) is 6.04 Å². The molecule has 0 spiro atoms. The van der Waals surface area contributed by atoms with Crippen molar-refractivity contribution >= 4 is 12.4 Å². The minimum atomic E-state index is -0.784. The average Bonchev–Trinajstić information content (AvgIpc) is 2.41. The summed E-state index contributed by atoms with van der Waals surface area (Å²) in [6.07, 6.45) is 2.18. The second-order valence-corrected chi connectivity index (χ2v) is 5.06. The van der Waals surface area contributed by atoms with Crippen LogP contribution in [-0.2, 0) is 0 Å². The average molecular weight is 291 g/mol. The number of nitrogens with two attached hydrogens (primary N) is 1. The van der Waals surface area contributed by atoms with Crippen molar-refractivity contribution in [1.82, 2.24) is 4.90 Å². The van der Waals surface area contributed by atoms with E-state index < -0.39 is 11.6 Å². The van der Waals surface area contributed by atoms with Gasteiger partial charge in [-0.25, -0.2) is 8.78 Å². The molecular formula is C14H21ClF2N2. The van der Waals surface area contributed by atoms with Gasteiger partial charge < -0.3 is 5.73 Å². The second kappa shape index (κ2) is 7.17. The summed E-state index contributed by atoms with van der Waals surface area (Å²) in [5, 5.41) is 0. The largest absolute Gasteiger partial charge is 0.330 e. The Morgan fingerprint density at radius 1 is 1.26 bits per heavy atom. The maximum atomic E-state index is 13.2. The van der Waals surface area contributed by atoms with Crippen molar-refractivity contribution in [3.8, 4) is 0 Å². The summed E-state index contributed by atoms with van der Waals surface area (Å²) in [6.45, 7) is 4.73. The Bertz CT molecular complexity index is 406. The van der Waals surface area contributed by atoms with E-state index in [1.54, 1.807) is 6.07 Å². The molecule has 1 aliphatic rings. The number of piperidine rings is 1. The van der Waals surface area contributed by atoms with Gasteiger partial charge in [0.05, 0.1) is 0 Å². The lowest BCUT2D eigenvalue weighted by Gasteiger charge is -2.35. The Labute approximate surface area is 119 Å². The first-order valence-corrected chi connectivity index (χ1v) is 6.51. The molecule has 2 rings (SSSR count). The Morgan fingerprint density at radius 3 is 2.42 bits per heavy atom. The second-order valence-electron chi connectivity index (χ2n) is 5.06. The first kappa shape index (κ1) is 16.3. The number of likely N-dealkylation sites (tertiary alicyclic amines) is 1. The van der Waals surface area contributed by atoms with Crippen molar-refractivity contribution in [2.45, 2.75) is 25.8 Å². The minimum absolute atomic E-state index is 0. The predicted molar refractivity (Wildman–Crippen MR) is 75.4 cm³/mol. The van der Waals surface area contributed by atoms with Crippen LogP contribution in [-0.4, -0.2) is 24.5 Å². The van der Waals surface area contributed by atoms with Gasteiger partial charge in [0.15, 0.2) is 11.6 Å². The van der Waals surface area contributed by atoms with Crippen molar-refractivity contribution < 1.29 is 8.78 Å². The molecule has 108 valence electrons. The molecular weight excluding hydrogens is 270 g/mol. The summed E-state index contributed by atoms with van der Waals surface area (Å²) in [5.41, 5.74) is 6.50. The first-order chi connectivity index (χ1) is 8.61. The van der Waals surface area contributed by atoms with E-state index in [4.69, 9.17) is 5.73 Å². The van der Waals surface area contributed by atoms with Crippen LogP contribution >= 0.6 is 12.4 Å². The molecule has 0 bridgehead atoms. The van der Waals surface area contributed by atoms with Crippen molar-refractivity contribution in [2.24, 2.45) is 11.7 Å². The van der Waals surface area contributed by atoms with E-state index in [2.05, 4.69) is 4.90 Å². The van der Waals surface area contributed by atoms with E-state index >= 15 is 0 Å². The third-order valence-electron chi connectivity index (χ3n) is 3.96. The normalized spacial score (nSPS) is 18.9. The Hall–Kier alpha value is -0.710. The van der Waals surface area contributed by atoms with Crippen LogP contribution in [0, 0.1) is 17.6 Å². The number of hydrogen-bond acceptors (Lipinski definition) is 2. The minimum Gasteiger partial charge on any atom is -0.330 e. The maximum Gasteiger partial charge on any atom is 0.159 e. The molecule has 0 saturated carbocycles. The zero-order valence-corrected chi connectivity index (χ0v) is 11.9. The van der Waals surface area contributed by atoms with Gasteiger partial charge in [-0.1, -0.05) is 6.07 Å². The van der Waals surface area contributed by atoms with E-state index in [-0.39, 0.29) is 18.4 Å². The Balaban J connectivity index is 0.00000180. The number of rotatable bonds is 3. The summed E-state index contributed by atoms with van der Waals surface area (Å²) in [4.78, 5) is 2.30. The number of nitrogens with zero attached hydrogens (tertiary/aromatic N) is 1. The fraction of sp³-hybridized carbons (Fsp3) is 0.571. The molecule has 0 aliphatic carbocycles. The lowest BCUT2D eigenvalue weighted by atomic mass is 9.95. The van der Waals surface area contributed by atoms with Gasteiger partial charge in [-0.15, -0.1) is 12.4 Å². The molecule has 0 aromatic heterocycles. The molecule has 1 atom stereocenters. The van der Waals surface area contributed by atoms with Crippen LogP contribution in [0.5, 0.6) is 0 Å². The molecule has 1 aromatic rings. The summed E-state index contributed by atoms with van der Waals surface area (Å²) in [7, 11) is 0. The molecule has 1 fully saturated rings. The van der Waals surface area contributed by atoms with Gasteiger partial charge in [-0.05, 0) is 63.0 Å². The van der Waals surface area contributed by atoms with E-state index in [0.29, 0.717) is 5.92 Å². The molecule has 1 unspecified atom stereocenters. The Kier molecular flexibility index (Phi) is 6.17. The topological polar surface area (TPSA) is 29.3 Å². The van der Waals surface area contributed by atoms with Crippen LogP contribution in [0.2, 0.25) is 0 Å². The predicted octanol–water partition coefficient (Wildman–Crippen LogP) is 3.12. The highest BCUT2D eigenvalue weighted by Gasteiger charge is 2.23. The zero-order chi connectivity index (χ0) is 13.1. The van der Waals surface area contributed by atoms with E-state index in [1.165, 1.54) is 12.1 Å². The maximum absolute atomic E-state index is 13.2. The smallest absolute Gasteiger partial charge is 0.159 e. The number of benzene rings is 1. The third kappa shape index (κ3) is 3.88. The van der Waals surface area contributed by atoms with Crippen molar-refractivity contribution in [1.29, 1.82) is 0 Å². The molecule has 1 heterocycles. The van der Waals surface area contributed by atoms with Crippen LogP contribution in [0.25, 0.3) is 0 Å². The van der Waals surface area contributed by atoms with Gasteiger partial charge in [0.2, 0.25) is 0 Å². The lowest BCUT2D eigenvalue weighted by Crippen LogP contribution is -2.37. The van der Waals surface area contributed by atoms with Crippen LogP contribution in [0.4, 0.5) is 8.78 Å². The van der Waals surface area contributed by atoms with E-state index in [0.717, 1.165) is 38.0 Å². The molecule has 1 saturated heterocycles. The monoisotopic (exact) mass is 290 g/mol. The van der Waals surface area contributed by atoms with Crippen molar-refractivity contribution in [3.05, 3.63) is 35.4 Å². The first-order valence-electron chi connectivity index (χ1n) is 6.51. The summed E-state index contributed by atoms with van der Waals surface area (Å²) in [5.74, 6) is -0.942. The molecule has 1 aromatic carbocycles. The molecule has 5 heteroatoms. The standard InChI is InChI=1S/C14H20F2N2.ClH/c1-10(12-2-3-13(15)14(16)8-12)18-6-4-11(9-17)5-7-18;/h2-3,8,10-11H,4-7,9,17H2,1H3;1H. The molecule has 2 nitrogen and oxygen atoms in total. The van der Waals surface area contributed by atoms with Crippen molar-refractivity contribution in [2.75, 3.05) is 19.6 Å². The van der Waals surface area contributed by atoms with Gasteiger partial charge >= 0.3 is 0 Å². The summed E-state index contributed by atoms with van der Waals surface area (Å²) < 4.78 is 26.1. The van der Waals surface area contributed by atoms with Crippen molar-refractivity contribution in [3.63, 3.8) is 0 Å². The number of hydrogen-bond donors (Lipinski definition) is 1. The fourth-order valence-corrected chi connectivity index (χ4v) is 2.56. The Morgan fingerprint density at radius 2 is 1.89 bits per heavy atom. The van der Waals surface area contributed by atoms with Gasteiger partial charge in [0.25, 0.3) is 0 Å². The highest BCUT2D eigenvalue weighted by atomic mass is 35.5. The summed E-state index contributed by atoms with van der Waals surface area (Å²) >= 11 is 0. The van der Waals surface area contributed by atoms with Gasteiger partial charge in [-0.3, -0.25) is 4.90 Å². The van der Waals surface area contributed by atoms with E-state index in [1.807, 2.05) is 6.92 Å². The van der Waals surface area contributed by atoms with E-state index in [9.17, 15) is 8.78 Å². The highest BCUT2D eigenvalue weighted by Crippen LogP contribution is 2.26. The van der Waals surface area contributed by atoms with Crippen LogP contribution < -0.4 is 5.73 Å². The van der Waals surface area contributed by atoms with Crippen LogP contribution in [0.15, 0.2) is 18.2 Å². The SMILES string of the molecule is CC(c1ccc(F)c(F)c1)N1CCC(CN)CC1.Cl. The molecule has 1 aliphatic heterocycles. The lowest BCUT2D eigenvalue weighted by molar-refractivity contribution is 0.143.